The van der Waals surface area contributed by atoms with Crippen LogP contribution in [0.25, 0.3) is 0 Å². The van der Waals surface area contributed by atoms with Crippen LogP contribution in [-0.2, 0) is 4.79 Å². The molecule has 2 N–H and O–H groups in total. The third-order valence-electron chi connectivity index (χ3n) is 3.87. The van der Waals surface area contributed by atoms with E-state index in [1.165, 1.54) is 38.5 Å². The molecule has 0 aromatic heterocycles. The van der Waals surface area contributed by atoms with E-state index in [2.05, 4.69) is 36.3 Å². The van der Waals surface area contributed by atoms with Crippen molar-refractivity contribution in [3.63, 3.8) is 0 Å². The van der Waals surface area contributed by atoms with Crippen LogP contribution in [0, 0.1) is 0 Å². The summed E-state index contributed by atoms with van der Waals surface area (Å²) in [6.07, 6.45) is 18.5. The van der Waals surface area contributed by atoms with Crippen LogP contribution in [0.4, 0.5) is 0 Å². The lowest BCUT2D eigenvalue weighted by Crippen LogP contribution is -2.32. The summed E-state index contributed by atoms with van der Waals surface area (Å²) < 4.78 is 0. The number of aliphatic hydroxyl groups is 1. The SMILES string of the molecule is CCCCC/C=C/C(=O)NCCN(/C=C/CCCCCC)CCO. The second-order valence-electron chi connectivity index (χ2n) is 6.18. The van der Waals surface area contributed by atoms with Crippen LogP contribution >= 0.6 is 0 Å². The molecule has 0 aliphatic rings. The van der Waals surface area contributed by atoms with Crippen molar-refractivity contribution in [3.8, 4) is 0 Å². The van der Waals surface area contributed by atoms with E-state index in [0.29, 0.717) is 13.1 Å². The second-order valence-corrected chi connectivity index (χ2v) is 6.18. The number of hydrogen-bond acceptors (Lipinski definition) is 3. The summed E-state index contributed by atoms with van der Waals surface area (Å²) in [5.74, 6) is -0.0287. The summed E-state index contributed by atoms with van der Waals surface area (Å²) in [7, 11) is 0. The normalized spacial score (nSPS) is 11.5. The Labute approximate surface area is 149 Å². The quantitative estimate of drug-likeness (QED) is 0.330. The molecule has 4 heteroatoms. The number of hydrogen-bond donors (Lipinski definition) is 2. The summed E-state index contributed by atoms with van der Waals surface area (Å²) >= 11 is 0. The molecule has 0 atom stereocenters. The molecule has 0 spiro atoms. The predicted molar refractivity (Wildman–Crippen MR) is 103 cm³/mol. The van der Waals surface area contributed by atoms with Crippen molar-refractivity contribution < 1.29 is 9.90 Å². The summed E-state index contributed by atoms with van der Waals surface area (Å²) in [6, 6.07) is 0. The van der Waals surface area contributed by atoms with Crippen LogP contribution in [0.2, 0.25) is 0 Å². The Balaban J connectivity index is 3.86. The Bertz CT molecular complexity index is 341. The molecule has 140 valence electrons. The molecule has 4 nitrogen and oxygen atoms in total. The van der Waals surface area contributed by atoms with Crippen LogP contribution in [0.15, 0.2) is 24.4 Å². The largest absolute Gasteiger partial charge is 0.395 e. The summed E-state index contributed by atoms with van der Waals surface area (Å²) in [6.45, 7) is 6.45. The fourth-order valence-electron chi connectivity index (χ4n) is 2.39. The first-order chi connectivity index (χ1) is 11.7. The second kappa shape index (κ2) is 18.1. The van der Waals surface area contributed by atoms with Crippen molar-refractivity contribution in [1.29, 1.82) is 0 Å². The minimum atomic E-state index is -0.0287. The van der Waals surface area contributed by atoms with Gasteiger partial charge in [0.15, 0.2) is 0 Å². The van der Waals surface area contributed by atoms with Gasteiger partial charge in [-0.3, -0.25) is 4.79 Å². The number of nitrogens with zero attached hydrogens (tertiary/aromatic N) is 1. The van der Waals surface area contributed by atoms with Crippen molar-refractivity contribution >= 4 is 5.91 Å². The van der Waals surface area contributed by atoms with E-state index < -0.39 is 0 Å². The molecule has 0 fully saturated rings. The van der Waals surface area contributed by atoms with E-state index in [4.69, 9.17) is 5.11 Å². The lowest BCUT2D eigenvalue weighted by molar-refractivity contribution is -0.116. The smallest absolute Gasteiger partial charge is 0.243 e. The maximum Gasteiger partial charge on any atom is 0.243 e. The highest BCUT2D eigenvalue weighted by Crippen LogP contribution is 2.03. The highest BCUT2D eigenvalue weighted by molar-refractivity contribution is 5.87. The van der Waals surface area contributed by atoms with Gasteiger partial charge in [-0.05, 0) is 38.0 Å². The Morgan fingerprint density at radius 1 is 0.958 bits per heavy atom. The number of aliphatic hydroxyl groups excluding tert-OH is 1. The molecule has 0 unspecified atom stereocenters. The van der Waals surface area contributed by atoms with Crippen LogP contribution in [0.1, 0.15) is 71.6 Å². The van der Waals surface area contributed by atoms with Crippen LogP contribution < -0.4 is 5.32 Å². The molecule has 0 aromatic carbocycles. The average Bonchev–Trinajstić information content (AvgIpc) is 2.57. The number of allylic oxidation sites excluding steroid dienone is 2. The van der Waals surface area contributed by atoms with Crippen LogP contribution in [-0.4, -0.2) is 42.2 Å². The molecule has 0 saturated heterocycles. The van der Waals surface area contributed by atoms with E-state index in [-0.39, 0.29) is 12.5 Å². The zero-order valence-corrected chi connectivity index (χ0v) is 15.8. The number of nitrogens with one attached hydrogen (secondary N) is 1. The standard InChI is InChI=1S/C20H38N2O2/c1-3-5-7-9-11-13-16-22(18-19-23)17-15-21-20(24)14-12-10-8-6-4-2/h12-14,16,23H,3-11,15,17-19H2,1-2H3,(H,21,24)/b14-12+,16-13+. The molecule has 0 aliphatic heterocycles. The van der Waals surface area contributed by atoms with Gasteiger partial charge in [0.05, 0.1) is 6.61 Å². The number of carbonyl (C=O) groups is 1. The Kier molecular flexibility index (Phi) is 17.1. The van der Waals surface area contributed by atoms with Gasteiger partial charge in [0.1, 0.15) is 0 Å². The van der Waals surface area contributed by atoms with E-state index in [1.807, 2.05) is 6.08 Å². The van der Waals surface area contributed by atoms with Gasteiger partial charge in [-0.2, -0.15) is 0 Å². The molecular weight excluding hydrogens is 300 g/mol. The van der Waals surface area contributed by atoms with E-state index in [9.17, 15) is 4.79 Å². The van der Waals surface area contributed by atoms with Gasteiger partial charge in [0.25, 0.3) is 0 Å². The topological polar surface area (TPSA) is 52.6 Å². The predicted octanol–water partition coefficient (Wildman–Crippen LogP) is 4.02. The first-order valence-corrected chi connectivity index (χ1v) is 9.70. The van der Waals surface area contributed by atoms with Gasteiger partial charge < -0.3 is 15.3 Å². The minimum Gasteiger partial charge on any atom is -0.395 e. The summed E-state index contributed by atoms with van der Waals surface area (Å²) in [4.78, 5) is 13.8. The van der Waals surface area contributed by atoms with Gasteiger partial charge in [-0.25, -0.2) is 0 Å². The van der Waals surface area contributed by atoms with Gasteiger partial charge >= 0.3 is 0 Å². The third kappa shape index (κ3) is 15.6. The lowest BCUT2D eigenvalue weighted by Gasteiger charge is -2.19. The summed E-state index contributed by atoms with van der Waals surface area (Å²) in [5.41, 5.74) is 0. The van der Waals surface area contributed by atoms with Crippen molar-refractivity contribution in [3.05, 3.63) is 24.4 Å². The average molecular weight is 339 g/mol. The van der Waals surface area contributed by atoms with E-state index in [1.54, 1.807) is 6.08 Å². The molecule has 0 radical (unpaired) electrons. The minimum absolute atomic E-state index is 0.0287. The Morgan fingerprint density at radius 3 is 2.33 bits per heavy atom. The number of unbranched alkanes of at least 4 members (excludes halogenated alkanes) is 7. The lowest BCUT2D eigenvalue weighted by atomic mass is 10.1. The molecule has 0 saturated carbocycles. The zero-order valence-electron chi connectivity index (χ0n) is 15.8. The van der Waals surface area contributed by atoms with Crippen molar-refractivity contribution in [2.24, 2.45) is 0 Å². The van der Waals surface area contributed by atoms with Gasteiger partial charge in [-0.15, -0.1) is 0 Å². The van der Waals surface area contributed by atoms with Crippen molar-refractivity contribution in [2.75, 3.05) is 26.2 Å². The maximum atomic E-state index is 11.7. The maximum absolute atomic E-state index is 11.7. The third-order valence-corrected chi connectivity index (χ3v) is 3.87. The molecule has 0 bridgehead atoms. The van der Waals surface area contributed by atoms with Gasteiger partial charge in [0.2, 0.25) is 5.91 Å². The highest BCUT2D eigenvalue weighted by Gasteiger charge is 2.00. The summed E-state index contributed by atoms with van der Waals surface area (Å²) in [5, 5.41) is 12.0. The van der Waals surface area contributed by atoms with Crippen LogP contribution in [0.5, 0.6) is 0 Å². The molecular formula is C20H38N2O2. The Morgan fingerprint density at radius 2 is 1.62 bits per heavy atom. The molecule has 1 amide bonds. The highest BCUT2D eigenvalue weighted by atomic mass is 16.3. The van der Waals surface area contributed by atoms with Crippen molar-refractivity contribution in [2.45, 2.75) is 71.6 Å². The van der Waals surface area contributed by atoms with Crippen molar-refractivity contribution in [1.82, 2.24) is 10.2 Å². The fourth-order valence-corrected chi connectivity index (χ4v) is 2.39. The van der Waals surface area contributed by atoms with Gasteiger partial charge in [0, 0.05) is 19.6 Å². The number of rotatable bonds is 16. The Hall–Kier alpha value is -1.29. The monoisotopic (exact) mass is 338 g/mol. The van der Waals surface area contributed by atoms with Crippen LogP contribution in [0.3, 0.4) is 0 Å². The molecule has 0 heterocycles. The molecule has 0 aliphatic carbocycles. The molecule has 0 rings (SSSR count). The van der Waals surface area contributed by atoms with Gasteiger partial charge in [-0.1, -0.05) is 58.1 Å². The molecule has 24 heavy (non-hydrogen) atoms. The first kappa shape index (κ1) is 22.7. The molecule has 0 aromatic rings. The first-order valence-electron chi connectivity index (χ1n) is 9.70. The van der Waals surface area contributed by atoms with E-state index in [0.717, 1.165) is 25.8 Å². The number of amides is 1. The van der Waals surface area contributed by atoms with E-state index >= 15 is 0 Å². The number of carbonyl (C=O) groups excluding carboxylic acids is 1. The fraction of sp³-hybridized carbons (Fsp3) is 0.750. The zero-order chi connectivity index (χ0) is 17.9.